The van der Waals surface area contributed by atoms with Gasteiger partial charge in [0.15, 0.2) is 0 Å². The quantitative estimate of drug-likeness (QED) is 0.663. The normalized spacial score (nSPS) is 16.0. The summed E-state index contributed by atoms with van der Waals surface area (Å²) in [5.74, 6) is 0.979. The van der Waals surface area contributed by atoms with Crippen LogP contribution in [-0.4, -0.2) is 35.5 Å². The number of ether oxygens (including phenoxy) is 1. The fraction of sp³-hybridized carbons (Fsp3) is 0.318. The lowest BCUT2D eigenvalue weighted by atomic mass is 10.1. The topological polar surface area (TPSA) is 89.3 Å². The summed E-state index contributed by atoms with van der Waals surface area (Å²) in [6, 6.07) is 15.3. The standard InChI is InChI=1S/C22H24N4O3/c1-15-7-9-16(10-8-15)12-20-25-26-21(29-20)17-4-2-5-18(13-17)24-22(27)23-14-19-6-3-11-28-19/h2,4-5,7-10,13,19H,3,6,11-12,14H2,1H3,(H2,23,24,27). The molecule has 0 radical (unpaired) electrons. The Balaban J connectivity index is 1.37. The van der Waals surface area contributed by atoms with Crippen molar-refractivity contribution in [2.24, 2.45) is 0 Å². The minimum atomic E-state index is -0.261. The largest absolute Gasteiger partial charge is 0.420 e. The molecule has 4 rings (SSSR count). The van der Waals surface area contributed by atoms with Gasteiger partial charge in [-0.3, -0.25) is 0 Å². The first kappa shape index (κ1) is 19.1. The van der Waals surface area contributed by atoms with Gasteiger partial charge in [0.25, 0.3) is 0 Å². The molecule has 1 atom stereocenters. The Labute approximate surface area is 169 Å². The van der Waals surface area contributed by atoms with Crippen molar-refractivity contribution in [2.45, 2.75) is 32.3 Å². The van der Waals surface area contributed by atoms with Crippen LogP contribution in [0.1, 0.15) is 29.9 Å². The number of carbonyl (C=O) groups excluding carboxylic acids is 1. The molecule has 0 spiro atoms. The van der Waals surface area contributed by atoms with Gasteiger partial charge in [0, 0.05) is 24.4 Å². The zero-order valence-electron chi connectivity index (χ0n) is 16.4. The summed E-state index contributed by atoms with van der Waals surface area (Å²) < 4.78 is 11.3. The van der Waals surface area contributed by atoms with Gasteiger partial charge in [-0.2, -0.15) is 0 Å². The molecule has 0 bridgehead atoms. The number of carbonyl (C=O) groups is 1. The average molecular weight is 392 g/mol. The van der Waals surface area contributed by atoms with Crippen LogP contribution in [0.3, 0.4) is 0 Å². The van der Waals surface area contributed by atoms with Crippen molar-refractivity contribution in [1.29, 1.82) is 0 Å². The van der Waals surface area contributed by atoms with Gasteiger partial charge >= 0.3 is 6.03 Å². The highest BCUT2D eigenvalue weighted by molar-refractivity contribution is 5.89. The Hall–Kier alpha value is -3.19. The highest BCUT2D eigenvalue weighted by Gasteiger charge is 2.16. The number of aryl methyl sites for hydroxylation is 1. The van der Waals surface area contributed by atoms with Gasteiger partial charge in [-0.15, -0.1) is 10.2 Å². The molecule has 1 aliphatic heterocycles. The predicted octanol–water partition coefficient (Wildman–Crippen LogP) is 3.94. The molecule has 0 aliphatic carbocycles. The summed E-state index contributed by atoms with van der Waals surface area (Å²) in [6.45, 7) is 3.34. The molecule has 7 nitrogen and oxygen atoms in total. The van der Waals surface area contributed by atoms with Crippen LogP contribution in [0.4, 0.5) is 10.5 Å². The van der Waals surface area contributed by atoms with Crippen LogP contribution >= 0.6 is 0 Å². The first-order valence-electron chi connectivity index (χ1n) is 9.80. The predicted molar refractivity (Wildman–Crippen MR) is 110 cm³/mol. The van der Waals surface area contributed by atoms with E-state index in [1.165, 1.54) is 5.56 Å². The number of nitrogens with one attached hydrogen (secondary N) is 2. The van der Waals surface area contributed by atoms with E-state index in [0.717, 1.165) is 30.6 Å². The maximum atomic E-state index is 12.1. The Kier molecular flexibility index (Phi) is 5.86. The molecule has 2 N–H and O–H groups in total. The smallest absolute Gasteiger partial charge is 0.319 e. The Morgan fingerprint density at radius 3 is 2.83 bits per heavy atom. The lowest BCUT2D eigenvalue weighted by Crippen LogP contribution is -2.35. The van der Waals surface area contributed by atoms with E-state index in [1.807, 2.05) is 24.3 Å². The summed E-state index contributed by atoms with van der Waals surface area (Å²) in [6.07, 6.45) is 2.72. The molecule has 2 heterocycles. The summed E-state index contributed by atoms with van der Waals surface area (Å²) in [4.78, 5) is 12.1. The fourth-order valence-electron chi connectivity index (χ4n) is 3.24. The second-order valence-corrected chi connectivity index (χ2v) is 7.21. The number of hydrogen-bond acceptors (Lipinski definition) is 5. The first-order chi connectivity index (χ1) is 14.2. The molecular weight excluding hydrogens is 368 g/mol. The summed E-state index contributed by atoms with van der Waals surface area (Å²) in [5, 5.41) is 14.0. The number of benzene rings is 2. The third-order valence-electron chi connectivity index (χ3n) is 4.82. The zero-order valence-corrected chi connectivity index (χ0v) is 16.4. The minimum Gasteiger partial charge on any atom is -0.420 e. The van der Waals surface area contributed by atoms with E-state index in [4.69, 9.17) is 9.15 Å². The van der Waals surface area contributed by atoms with Crippen LogP contribution in [-0.2, 0) is 11.2 Å². The molecule has 2 amide bonds. The van der Waals surface area contributed by atoms with Crippen LogP contribution in [0.5, 0.6) is 0 Å². The van der Waals surface area contributed by atoms with Crippen LogP contribution in [0.15, 0.2) is 52.9 Å². The van der Waals surface area contributed by atoms with Crippen LogP contribution < -0.4 is 10.6 Å². The average Bonchev–Trinajstić information content (AvgIpc) is 3.41. The number of hydrogen-bond donors (Lipinski definition) is 2. The highest BCUT2D eigenvalue weighted by Crippen LogP contribution is 2.22. The summed E-state index contributed by atoms with van der Waals surface area (Å²) in [5.41, 5.74) is 3.74. The van der Waals surface area contributed by atoms with E-state index in [1.54, 1.807) is 0 Å². The van der Waals surface area contributed by atoms with Crippen molar-refractivity contribution in [3.05, 3.63) is 65.5 Å². The van der Waals surface area contributed by atoms with Gasteiger partial charge in [-0.1, -0.05) is 35.9 Å². The number of aromatic nitrogens is 2. The molecule has 0 saturated carbocycles. The molecule has 150 valence electrons. The van der Waals surface area contributed by atoms with Gasteiger partial charge in [0.1, 0.15) is 0 Å². The molecule has 3 aromatic rings. The number of nitrogens with zero attached hydrogens (tertiary/aromatic N) is 2. The van der Waals surface area contributed by atoms with E-state index >= 15 is 0 Å². The van der Waals surface area contributed by atoms with Gasteiger partial charge in [0.2, 0.25) is 11.8 Å². The summed E-state index contributed by atoms with van der Waals surface area (Å²) in [7, 11) is 0. The van der Waals surface area contributed by atoms with E-state index in [-0.39, 0.29) is 12.1 Å². The van der Waals surface area contributed by atoms with Crippen molar-refractivity contribution in [3.8, 4) is 11.5 Å². The molecule has 1 aliphatic rings. The number of anilines is 1. The number of urea groups is 1. The van der Waals surface area contributed by atoms with Crippen LogP contribution in [0.2, 0.25) is 0 Å². The Morgan fingerprint density at radius 2 is 2.03 bits per heavy atom. The van der Waals surface area contributed by atoms with Gasteiger partial charge in [-0.25, -0.2) is 4.79 Å². The summed E-state index contributed by atoms with van der Waals surface area (Å²) >= 11 is 0. The molecule has 29 heavy (non-hydrogen) atoms. The van der Waals surface area contributed by atoms with Gasteiger partial charge in [-0.05, 0) is 43.5 Å². The number of amides is 2. The number of rotatable bonds is 6. The monoisotopic (exact) mass is 392 g/mol. The lowest BCUT2D eigenvalue weighted by molar-refractivity contribution is 0.112. The van der Waals surface area contributed by atoms with E-state index in [0.29, 0.717) is 30.4 Å². The highest BCUT2D eigenvalue weighted by atomic mass is 16.5. The SMILES string of the molecule is Cc1ccc(Cc2nnc(-c3cccc(NC(=O)NCC4CCCO4)c3)o2)cc1. The van der Waals surface area contributed by atoms with E-state index in [2.05, 4.69) is 52.0 Å². The maximum absolute atomic E-state index is 12.1. The lowest BCUT2D eigenvalue weighted by Gasteiger charge is -2.12. The van der Waals surface area contributed by atoms with Crippen molar-refractivity contribution < 1.29 is 13.9 Å². The third kappa shape index (κ3) is 5.20. The molecule has 2 aromatic carbocycles. The zero-order chi connectivity index (χ0) is 20.1. The molecular formula is C22H24N4O3. The van der Waals surface area contributed by atoms with Crippen molar-refractivity contribution in [2.75, 3.05) is 18.5 Å². The molecule has 1 aromatic heterocycles. The van der Waals surface area contributed by atoms with Gasteiger partial charge in [0.05, 0.1) is 12.5 Å². The van der Waals surface area contributed by atoms with Crippen molar-refractivity contribution in [3.63, 3.8) is 0 Å². The fourth-order valence-corrected chi connectivity index (χ4v) is 3.24. The third-order valence-corrected chi connectivity index (χ3v) is 4.82. The van der Waals surface area contributed by atoms with Crippen molar-refractivity contribution in [1.82, 2.24) is 15.5 Å². The maximum Gasteiger partial charge on any atom is 0.319 e. The van der Waals surface area contributed by atoms with E-state index < -0.39 is 0 Å². The second-order valence-electron chi connectivity index (χ2n) is 7.21. The molecule has 1 saturated heterocycles. The van der Waals surface area contributed by atoms with Crippen LogP contribution in [0.25, 0.3) is 11.5 Å². The molecule has 7 heteroatoms. The van der Waals surface area contributed by atoms with Crippen molar-refractivity contribution >= 4 is 11.7 Å². The van der Waals surface area contributed by atoms with Gasteiger partial charge < -0.3 is 19.8 Å². The van der Waals surface area contributed by atoms with Crippen LogP contribution in [0, 0.1) is 6.92 Å². The Bertz CT molecular complexity index is 962. The molecule has 1 fully saturated rings. The van der Waals surface area contributed by atoms with E-state index in [9.17, 15) is 4.79 Å². The Morgan fingerprint density at radius 1 is 1.17 bits per heavy atom. The molecule has 1 unspecified atom stereocenters. The first-order valence-corrected chi connectivity index (χ1v) is 9.80. The second kappa shape index (κ2) is 8.87. The minimum absolute atomic E-state index is 0.109.